The third-order valence-corrected chi connectivity index (χ3v) is 3.33. The number of nitrogens with one attached hydrogen (secondary N) is 1. The summed E-state index contributed by atoms with van der Waals surface area (Å²) in [6.07, 6.45) is -0.767. The fourth-order valence-electron chi connectivity index (χ4n) is 1.53. The van der Waals surface area contributed by atoms with Crippen molar-refractivity contribution < 1.29 is 33.8 Å². The molecule has 1 amide bonds. The monoisotopic (exact) mass is 430 g/mol. The van der Waals surface area contributed by atoms with Crippen LogP contribution in [0.1, 0.15) is 61.2 Å². The number of amides is 1. The van der Waals surface area contributed by atoms with E-state index in [1.165, 1.54) is 13.8 Å². The van der Waals surface area contributed by atoms with Crippen LogP contribution in [0, 0.1) is 0 Å². The van der Waals surface area contributed by atoms with E-state index < -0.39 is 40.5 Å². The Morgan fingerprint density at radius 1 is 1.00 bits per heavy atom. The summed E-state index contributed by atoms with van der Waals surface area (Å²) in [6.45, 7) is 12.9. The zero-order valence-corrected chi connectivity index (χ0v) is 18.5. The van der Waals surface area contributed by atoms with Gasteiger partial charge < -0.3 is 19.4 Å². The molecule has 1 heterocycles. The highest BCUT2D eigenvalue weighted by molar-refractivity contribution is 7.10. The third kappa shape index (κ3) is 8.42. The molecule has 0 atom stereocenters. The largest absolute Gasteiger partial charge is 0.476 e. The summed E-state index contributed by atoms with van der Waals surface area (Å²) < 4.78 is 14.1. The normalized spacial score (nSPS) is 12.9. The number of anilines is 1. The highest BCUT2D eigenvalue weighted by atomic mass is 32.1. The number of carbonyl (C=O) groups is 3. The van der Waals surface area contributed by atoms with Crippen molar-refractivity contribution in [3.05, 3.63) is 5.82 Å². The molecule has 2 N–H and O–H groups in total. The Labute approximate surface area is 172 Å². The molecule has 0 saturated heterocycles. The standard InChI is InChI=1S/C17H26N4O7S/c1-15(2,3)26-12(24)17(7,8)28-20-9(11(22)23)10-18-13(29-21-10)19-14(25)27-16(4,5)6/h1-8H3,(H,22,23)(H,18,19,21,25)/b20-9+. The topological polar surface area (TPSA) is 149 Å². The van der Waals surface area contributed by atoms with Gasteiger partial charge >= 0.3 is 18.0 Å². The van der Waals surface area contributed by atoms with Crippen LogP contribution in [-0.2, 0) is 23.9 Å². The molecule has 11 nitrogen and oxygen atoms in total. The van der Waals surface area contributed by atoms with E-state index in [9.17, 15) is 19.5 Å². The Morgan fingerprint density at radius 2 is 1.55 bits per heavy atom. The van der Waals surface area contributed by atoms with Crippen LogP contribution in [0.4, 0.5) is 9.93 Å². The molecule has 29 heavy (non-hydrogen) atoms. The van der Waals surface area contributed by atoms with Gasteiger partial charge in [-0.15, -0.1) is 0 Å². The van der Waals surface area contributed by atoms with Gasteiger partial charge in [0.25, 0.3) is 0 Å². The van der Waals surface area contributed by atoms with Crippen LogP contribution in [0.5, 0.6) is 0 Å². The number of hydrogen-bond acceptors (Lipinski definition) is 10. The maximum absolute atomic E-state index is 12.2. The van der Waals surface area contributed by atoms with E-state index in [0.29, 0.717) is 0 Å². The van der Waals surface area contributed by atoms with E-state index >= 15 is 0 Å². The lowest BCUT2D eigenvalue weighted by atomic mass is 10.1. The Balaban J connectivity index is 2.96. The smallest absolute Gasteiger partial charge is 0.414 e. The molecule has 1 aromatic heterocycles. The molecule has 162 valence electrons. The summed E-state index contributed by atoms with van der Waals surface area (Å²) in [4.78, 5) is 44.5. The lowest BCUT2D eigenvalue weighted by molar-refractivity contribution is -0.179. The summed E-state index contributed by atoms with van der Waals surface area (Å²) in [7, 11) is 0. The fraction of sp³-hybridized carbons (Fsp3) is 0.647. The summed E-state index contributed by atoms with van der Waals surface area (Å²) in [6, 6.07) is 0. The maximum atomic E-state index is 12.2. The Hall–Kier alpha value is -2.76. The average molecular weight is 430 g/mol. The number of carboxylic acid groups (broad SMARTS) is 1. The Kier molecular flexibility index (Phi) is 7.30. The summed E-state index contributed by atoms with van der Waals surface area (Å²) in [5, 5.41) is 15.3. The minimum atomic E-state index is -1.55. The predicted octanol–water partition coefficient (Wildman–Crippen LogP) is 2.81. The number of aliphatic carboxylic acids is 1. The van der Waals surface area contributed by atoms with Gasteiger partial charge in [-0.25, -0.2) is 14.4 Å². The first-order chi connectivity index (χ1) is 13.0. The molecule has 0 aliphatic heterocycles. The SMILES string of the molecule is CC(C)(C)OC(=O)Nc1nc(/C(=N\OC(C)(C)C(=O)OC(C)(C)C)C(=O)O)ns1. The lowest BCUT2D eigenvalue weighted by Crippen LogP contribution is -2.40. The second-order valence-corrected chi connectivity index (χ2v) is 9.15. The Morgan fingerprint density at radius 3 is 2.03 bits per heavy atom. The van der Waals surface area contributed by atoms with E-state index in [4.69, 9.17) is 14.3 Å². The van der Waals surface area contributed by atoms with Gasteiger partial charge in [-0.3, -0.25) is 5.32 Å². The van der Waals surface area contributed by atoms with Gasteiger partial charge in [0.15, 0.2) is 0 Å². The number of hydrogen-bond donors (Lipinski definition) is 2. The first-order valence-electron chi connectivity index (χ1n) is 8.57. The maximum Gasteiger partial charge on any atom is 0.414 e. The molecule has 0 fully saturated rings. The molecule has 0 aromatic carbocycles. The van der Waals surface area contributed by atoms with Crippen LogP contribution in [-0.4, -0.2) is 55.0 Å². The average Bonchev–Trinajstić information content (AvgIpc) is 2.91. The first kappa shape index (κ1) is 24.3. The van der Waals surface area contributed by atoms with Gasteiger partial charge in [-0.05, 0) is 55.4 Å². The molecule has 12 heteroatoms. The molecule has 1 aromatic rings. The van der Waals surface area contributed by atoms with Gasteiger partial charge in [0, 0.05) is 11.5 Å². The van der Waals surface area contributed by atoms with Crippen molar-refractivity contribution in [3.63, 3.8) is 0 Å². The van der Waals surface area contributed by atoms with Gasteiger partial charge in [0.05, 0.1) is 0 Å². The number of ether oxygens (including phenoxy) is 2. The predicted molar refractivity (Wildman–Crippen MR) is 105 cm³/mol. The van der Waals surface area contributed by atoms with E-state index in [1.54, 1.807) is 41.5 Å². The summed E-state index contributed by atoms with van der Waals surface area (Å²) in [5.41, 5.74) is -3.67. The summed E-state index contributed by atoms with van der Waals surface area (Å²) >= 11 is 0.733. The number of rotatable bonds is 6. The van der Waals surface area contributed by atoms with E-state index in [0.717, 1.165) is 11.5 Å². The van der Waals surface area contributed by atoms with Crippen LogP contribution < -0.4 is 5.32 Å². The molecule has 0 unspecified atom stereocenters. The number of nitrogens with zero attached hydrogens (tertiary/aromatic N) is 3. The van der Waals surface area contributed by atoms with Gasteiger partial charge in [-0.2, -0.15) is 9.36 Å². The van der Waals surface area contributed by atoms with Crippen molar-refractivity contribution >= 4 is 40.4 Å². The number of aromatic nitrogens is 2. The van der Waals surface area contributed by atoms with Crippen molar-refractivity contribution in [3.8, 4) is 0 Å². The minimum Gasteiger partial charge on any atom is -0.476 e. The first-order valence-corrected chi connectivity index (χ1v) is 9.34. The van der Waals surface area contributed by atoms with Crippen molar-refractivity contribution in [2.24, 2.45) is 5.16 Å². The van der Waals surface area contributed by atoms with Crippen molar-refractivity contribution in [1.29, 1.82) is 0 Å². The quantitative estimate of drug-likeness (QED) is 0.394. The van der Waals surface area contributed by atoms with Gasteiger partial charge in [0.1, 0.15) is 11.2 Å². The van der Waals surface area contributed by atoms with Gasteiger partial charge in [0.2, 0.25) is 22.3 Å². The Bertz CT molecular complexity index is 803. The third-order valence-electron chi connectivity index (χ3n) is 2.70. The van der Waals surface area contributed by atoms with Crippen LogP contribution in [0.15, 0.2) is 5.16 Å². The second kappa shape index (κ2) is 8.72. The molecular weight excluding hydrogens is 404 g/mol. The molecule has 0 aliphatic carbocycles. The highest BCUT2D eigenvalue weighted by Gasteiger charge is 2.36. The number of carbonyl (C=O) groups excluding carboxylic acids is 2. The van der Waals surface area contributed by atoms with Crippen molar-refractivity contribution in [1.82, 2.24) is 9.36 Å². The number of oxime groups is 1. The fourth-order valence-corrected chi connectivity index (χ4v) is 2.09. The molecule has 0 radical (unpaired) electrons. The molecule has 1 rings (SSSR count). The van der Waals surface area contributed by atoms with E-state index in [1.807, 2.05) is 0 Å². The van der Waals surface area contributed by atoms with E-state index in [2.05, 4.69) is 19.8 Å². The zero-order valence-electron chi connectivity index (χ0n) is 17.6. The molecule has 0 spiro atoms. The van der Waals surface area contributed by atoms with Crippen LogP contribution >= 0.6 is 11.5 Å². The summed E-state index contributed by atoms with van der Waals surface area (Å²) in [5.74, 6) is -2.50. The minimum absolute atomic E-state index is 0.00889. The lowest BCUT2D eigenvalue weighted by Gasteiger charge is -2.26. The van der Waals surface area contributed by atoms with Gasteiger partial charge in [-0.1, -0.05) is 5.16 Å². The number of carboxylic acids is 1. The molecule has 0 aliphatic rings. The van der Waals surface area contributed by atoms with Crippen LogP contribution in [0.25, 0.3) is 0 Å². The zero-order chi connectivity index (χ0) is 22.6. The number of esters is 1. The second-order valence-electron chi connectivity index (χ2n) is 8.40. The van der Waals surface area contributed by atoms with Crippen LogP contribution in [0.2, 0.25) is 0 Å². The van der Waals surface area contributed by atoms with Crippen LogP contribution in [0.3, 0.4) is 0 Å². The van der Waals surface area contributed by atoms with E-state index in [-0.39, 0.29) is 11.0 Å². The van der Waals surface area contributed by atoms with Crippen molar-refractivity contribution in [2.75, 3.05) is 5.32 Å². The highest BCUT2D eigenvalue weighted by Crippen LogP contribution is 2.19. The molecule has 0 bridgehead atoms. The van der Waals surface area contributed by atoms with Crippen molar-refractivity contribution in [2.45, 2.75) is 72.2 Å². The molecule has 0 saturated carbocycles. The molecular formula is C17H26N4O7S.